The van der Waals surface area contributed by atoms with Gasteiger partial charge in [0.25, 0.3) is 5.91 Å². The highest BCUT2D eigenvalue weighted by Crippen LogP contribution is 2.18. The Bertz CT molecular complexity index is 1270. The standard InChI is InChI=1S/C26H22FN3O3/c27-22-9-11-24(12-10-22)33-17-19(13-18-5-7-20(8-6-18)26(31)30-32)15-28-23-14-21-3-1-2-4-25(21)29-16-23/h1-14,16,28,32H,15,17H2,(H,30,31). The molecule has 0 unspecified atom stereocenters. The van der Waals surface area contributed by atoms with Gasteiger partial charge in [0.2, 0.25) is 0 Å². The number of nitrogens with one attached hydrogen (secondary N) is 2. The summed E-state index contributed by atoms with van der Waals surface area (Å²) in [5, 5.41) is 13.2. The lowest BCUT2D eigenvalue weighted by atomic mass is 10.1. The summed E-state index contributed by atoms with van der Waals surface area (Å²) in [6.45, 7) is 0.763. The topological polar surface area (TPSA) is 83.5 Å². The molecular weight excluding hydrogens is 421 g/mol. The largest absolute Gasteiger partial charge is 0.489 e. The van der Waals surface area contributed by atoms with Crippen LogP contribution in [0.1, 0.15) is 15.9 Å². The third-order valence-corrected chi connectivity index (χ3v) is 4.99. The van der Waals surface area contributed by atoms with Crippen LogP contribution in [0.2, 0.25) is 0 Å². The van der Waals surface area contributed by atoms with Crippen molar-refractivity contribution in [2.45, 2.75) is 0 Å². The summed E-state index contributed by atoms with van der Waals surface area (Å²) in [6, 6.07) is 22.6. The number of nitrogens with zero attached hydrogens (tertiary/aromatic N) is 1. The van der Waals surface area contributed by atoms with Crippen LogP contribution in [0, 0.1) is 5.82 Å². The van der Waals surface area contributed by atoms with Crippen LogP contribution in [-0.4, -0.2) is 29.3 Å². The number of carbonyl (C=O) groups is 1. The van der Waals surface area contributed by atoms with Crippen molar-refractivity contribution < 1.29 is 19.1 Å². The fourth-order valence-corrected chi connectivity index (χ4v) is 3.26. The van der Waals surface area contributed by atoms with Crippen LogP contribution in [0.5, 0.6) is 5.75 Å². The van der Waals surface area contributed by atoms with Gasteiger partial charge in [-0.25, -0.2) is 9.87 Å². The molecule has 7 heteroatoms. The predicted molar refractivity (Wildman–Crippen MR) is 126 cm³/mol. The van der Waals surface area contributed by atoms with Gasteiger partial charge >= 0.3 is 0 Å². The van der Waals surface area contributed by atoms with E-state index in [4.69, 9.17) is 9.94 Å². The number of halogens is 1. The monoisotopic (exact) mass is 443 g/mol. The van der Waals surface area contributed by atoms with E-state index in [1.807, 2.05) is 36.4 Å². The number of hydroxylamine groups is 1. The van der Waals surface area contributed by atoms with Crippen LogP contribution >= 0.6 is 0 Å². The van der Waals surface area contributed by atoms with Crippen molar-refractivity contribution in [3.05, 3.63) is 108 Å². The Balaban J connectivity index is 1.52. The van der Waals surface area contributed by atoms with Crippen LogP contribution < -0.4 is 15.5 Å². The quantitative estimate of drug-likeness (QED) is 0.262. The number of anilines is 1. The minimum atomic E-state index is -0.573. The Morgan fingerprint density at radius 2 is 1.79 bits per heavy atom. The van der Waals surface area contributed by atoms with E-state index in [0.29, 0.717) is 17.9 Å². The molecule has 0 atom stereocenters. The number of carbonyl (C=O) groups excluding carboxylic acids is 1. The molecule has 0 aliphatic rings. The zero-order valence-electron chi connectivity index (χ0n) is 17.7. The molecule has 4 aromatic rings. The second-order valence-corrected chi connectivity index (χ2v) is 7.38. The van der Waals surface area contributed by atoms with E-state index in [-0.39, 0.29) is 12.4 Å². The number of rotatable bonds is 8. The molecule has 0 fully saturated rings. The number of benzene rings is 3. The van der Waals surface area contributed by atoms with Gasteiger partial charge in [-0.15, -0.1) is 0 Å². The van der Waals surface area contributed by atoms with E-state index in [1.165, 1.54) is 12.1 Å². The molecule has 0 aliphatic heterocycles. The summed E-state index contributed by atoms with van der Waals surface area (Å²) in [5.74, 6) is -0.337. The van der Waals surface area contributed by atoms with Gasteiger partial charge < -0.3 is 10.1 Å². The molecule has 1 heterocycles. The summed E-state index contributed by atoms with van der Waals surface area (Å²) in [5.41, 5.74) is 5.54. The molecule has 6 nitrogen and oxygen atoms in total. The lowest BCUT2D eigenvalue weighted by molar-refractivity contribution is 0.0706. The summed E-state index contributed by atoms with van der Waals surface area (Å²) in [4.78, 5) is 16.0. The fourth-order valence-electron chi connectivity index (χ4n) is 3.26. The lowest BCUT2D eigenvalue weighted by Gasteiger charge is -2.13. The SMILES string of the molecule is O=C(NO)c1ccc(C=C(CNc2cnc3ccccc3c2)COc2ccc(F)cc2)cc1. The van der Waals surface area contributed by atoms with Crippen molar-refractivity contribution in [3.8, 4) is 5.75 Å². The fraction of sp³-hybridized carbons (Fsp3) is 0.0769. The zero-order chi connectivity index (χ0) is 23.0. The van der Waals surface area contributed by atoms with Gasteiger partial charge in [0.15, 0.2) is 0 Å². The van der Waals surface area contributed by atoms with Gasteiger partial charge in [-0.05, 0) is 59.7 Å². The molecule has 1 aromatic heterocycles. The van der Waals surface area contributed by atoms with E-state index in [2.05, 4.69) is 10.3 Å². The third kappa shape index (κ3) is 5.93. The first-order valence-electron chi connectivity index (χ1n) is 10.3. The van der Waals surface area contributed by atoms with Crippen LogP contribution in [0.15, 0.2) is 90.6 Å². The molecule has 0 aliphatic carbocycles. The number of aromatic nitrogens is 1. The smallest absolute Gasteiger partial charge is 0.274 e. The molecule has 0 radical (unpaired) electrons. The second kappa shape index (κ2) is 10.4. The molecule has 4 rings (SSSR count). The van der Waals surface area contributed by atoms with E-state index in [1.54, 1.807) is 48.1 Å². The van der Waals surface area contributed by atoms with Gasteiger partial charge in [0, 0.05) is 17.5 Å². The third-order valence-electron chi connectivity index (χ3n) is 4.99. The van der Waals surface area contributed by atoms with Crippen LogP contribution in [0.25, 0.3) is 17.0 Å². The van der Waals surface area contributed by atoms with Gasteiger partial charge in [-0.3, -0.25) is 15.0 Å². The molecule has 166 valence electrons. The molecule has 0 spiro atoms. The highest BCUT2D eigenvalue weighted by Gasteiger charge is 2.06. The van der Waals surface area contributed by atoms with Crippen molar-refractivity contribution in [2.24, 2.45) is 0 Å². The number of amides is 1. The minimum absolute atomic E-state index is 0.276. The Morgan fingerprint density at radius 3 is 2.55 bits per heavy atom. The Labute approximate surface area is 190 Å². The molecule has 3 aromatic carbocycles. The number of para-hydroxylation sites is 1. The van der Waals surface area contributed by atoms with Gasteiger partial charge in [-0.1, -0.05) is 36.4 Å². The Morgan fingerprint density at radius 1 is 1.03 bits per heavy atom. The van der Waals surface area contributed by atoms with E-state index in [9.17, 15) is 9.18 Å². The number of hydrogen-bond acceptors (Lipinski definition) is 5. The highest BCUT2D eigenvalue weighted by molar-refractivity contribution is 5.93. The number of pyridine rings is 1. The van der Waals surface area contributed by atoms with E-state index < -0.39 is 5.91 Å². The summed E-state index contributed by atoms with van der Waals surface area (Å²) in [6.07, 6.45) is 3.73. The first kappa shape index (κ1) is 22.0. The second-order valence-electron chi connectivity index (χ2n) is 7.38. The molecule has 0 saturated heterocycles. The Kier molecular flexibility index (Phi) is 6.92. The highest BCUT2D eigenvalue weighted by atomic mass is 19.1. The minimum Gasteiger partial charge on any atom is -0.489 e. The molecule has 0 saturated carbocycles. The molecule has 3 N–H and O–H groups in total. The van der Waals surface area contributed by atoms with Crippen molar-refractivity contribution in [1.29, 1.82) is 0 Å². The normalized spacial score (nSPS) is 11.3. The lowest BCUT2D eigenvalue weighted by Crippen LogP contribution is -2.18. The van der Waals surface area contributed by atoms with Crippen molar-refractivity contribution in [1.82, 2.24) is 10.5 Å². The van der Waals surface area contributed by atoms with Crippen molar-refractivity contribution >= 4 is 28.6 Å². The van der Waals surface area contributed by atoms with Crippen LogP contribution in [0.4, 0.5) is 10.1 Å². The maximum atomic E-state index is 13.2. The predicted octanol–water partition coefficient (Wildman–Crippen LogP) is 5.07. The summed E-state index contributed by atoms with van der Waals surface area (Å²) < 4.78 is 19.0. The van der Waals surface area contributed by atoms with Crippen LogP contribution in [0.3, 0.4) is 0 Å². The summed E-state index contributed by atoms with van der Waals surface area (Å²) in [7, 11) is 0. The average molecular weight is 443 g/mol. The van der Waals surface area contributed by atoms with E-state index in [0.717, 1.165) is 27.7 Å². The van der Waals surface area contributed by atoms with Gasteiger partial charge in [0.05, 0.1) is 17.4 Å². The molecule has 33 heavy (non-hydrogen) atoms. The number of fused-ring (bicyclic) bond motifs is 1. The van der Waals surface area contributed by atoms with Gasteiger partial charge in [-0.2, -0.15) is 0 Å². The van der Waals surface area contributed by atoms with Crippen LogP contribution in [-0.2, 0) is 0 Å². The first-order valence-corrected chi connectivity index (χ1v) is 10.3. The van der Waals surface area contributed by atoms with E-state index >= 15 is 0 Å². The van der Waals surface area contributed by atoms with Crippen molar-refractivity contribution in [3.63, 3.8) is 0 Å². The zero-order valence-corrected chi connectivity index (χ0v) is 17.7. The Hall–Kier alpha value is -4.23. The number of hydrogen-bond donors (Lipinski definition) is 3. The molecule has 1 amide bonds. The summed E-state index contributed by atoms with van der Waals surface area (Å²) >= 11 is 0. The number of ether oxygens (including phenoxy) is 1. The maximum absolute atomic E-state index is 13.2. The van der Waals surface area contributed by atoms with Crippen molar-refractivity contribution in [2.75, 3.05) is 18.5 Å². The maximum Gasteiger partial charge on any atom is 0.274 e. The first-order chi connectivity index (χ1) is 16.1. The van der Waals surface area contributed by atoms with Gasteiger partial charge in [0.1, 0.15) is 18.2 Å². The molecular formula is C26H22FN3O3. The molecule has 0 bridgehead atoms. The average Bonchev–Trinajstić information content (AvgIpc) is 2.86.